The molecule has 0 spiro atoms. The number of pyridine rings is 1. The summed E-state index contributed by atoms with van der Waals surface area (Å²) in [6.45, 7) is 3.98. The second-order valence-electron chi connectivity index (χ2n) is 6.34. The van der Waals surface area contributed by atoms with Gasteiger partial charge >= 0.3 is 5.91 Å². The number of aromatic nitrogens is 2. The highest BCUT2D eigenvalue weighted by Gasteiger charge is 2.13. The van der Waals surface area contributed by atoms with E-state index < -0.39 is 5.91 Å². The highest BCUT2D eigenvalue weighted by atomic mass is 35.5. The number of nitrogens with one attached hydrogen (secondary N) is 1. The van der Waals surface area contributed by atoms with Gasteiger partial charge in [-0.2, -0.15) is 5.10 Å². The third-order valence-corrected chi connectivity index (χ3v) is 4.66. The van der Waals surface area contributed by atoms with Crippen molar-refractivity contribution < 1.29 is 9.21 Å². The van der Waals surface area contributed by atoms with Crippen molar-refractivity contribution in [2.45, 2.75) is 13.8 Å². The smallest absolute Gasteiger partial charge is 0.307 e. The van der Waals surface area contributed by atoms with Crippen LogP contribution in [-0.4, -0.2) is 21.7 Å². The number of carbonyl (C=O) groups is 1. The van der Waals surface area contributed by atoms with Gasteiger partial charge in [0.2, 0.25) is 0 Å². The maximum absolute atomic E-state index is 12.3. The van der Waals surface area contributed by atoms with E-state index in [1.54, 1.807) is 36.7 Å². The molecule has 1 amide bonds. The summed E-state index contributed by atoms with van der Waals surface area (Å²) in [4.78, 5) is 16.7. The highest BCUT2D eigenvalue weighted by molar-refractivity contribution is 6.31. The summed E-state index contributed by atoms with van der Waals surface area (Å²) in [5.74, 6) is 0.581. The third kappa shape index (κ3) is 3.42. The van der Waals surface area contributed by atoms with E-state index in [2.05, 4.69) is 15.5 Å². The lowest BCUT2D eigenvalue weighted by Crippen LogP contribution is -2.16. The van der Waals surface area contributed by atoms with Crippen LogP contribution in [0.3, 0.4) is 0 Å². The molecule has 7 heteroatoms. The Balaban J connectivity index is 1.52. The summed E-state index contributed by atoms with van der Waals surface area (Å²) in [5.41, 5.74) is 5.99. The molecular formula is C21H17ClN4O2. The van der Waals surface area contributed by atoms with Crippen LogP contribution in [0.25, 0.3) is 16.8 Å². The Bertz CT molecular complexity index is 1190. The first-order valence-electron chi connectivity index (χ1n) is 8.66. The second kappa shape index (κ2) is 7.32. The summed E-state index contributed by atoms with van der Waals surface area (Å²) in [6.07, 6.45) is 3.36. The lowest BCUT2D eigenvalue weighted by atomic mass is 10.2. The minimum Gasteiger partial charge on any atom is -0.451 e. The molecule has 0 bridgehead atoms. The largest absolute Gasteiger partial charge is 0.451 e. The van der Waals surface area contributed by atoms with Crippen molar-refractivity contribution in [3.63, 3.8) is 0 Å². The zero-order chi connectivity index (χ0) is 19.7. The SMILES string of the molecule is Cc1cc(/C=N/NC(=O)c2cc3cc(Cl)ccc3o2)c(C)n1-c1ccccn1. The standard InChI is InChI=1S/C21H17ClN4O2/c1-13-9-16(14(2)26(13)20-5-3-4-8-23-20)12-24-25-21(27)19-11-15-10-17(22)6-7-18(15)28-19/h3-12H,1-2H3,(H,25,27)/b24-12+. The average Bonchev–Trinajstić information content (AvgIpc) is 3.22. The van der Waals surface area contributed by atoms with Crippen LogP contribution < -0.4 is 5.43 Å². The van der Waals surface area contributed by atoms with E-state index in [4.69, 9.17) is 16.0 Å². The molecule has 4 rings (SSSR count). The average molecular weight is 393 g/mol. The number of hydrazone groups is 1. The van der Waals surface area contributed by atoms with Crippen LogP contribution in [0, 0.1) is 13.8 Å². The summed E-state index contributed by atoms with van der Waals surface area (Å²) < 4.78 is 7.57. The van der Waals surface area contributed by atoms with Crippen LogP contribution >= 0.6 is 11.6 Å². The van der Waals surface area contributed by atoms with E-state index in [9.17, 15) is 4.79 Å². The van der Waals surface area contributed by atoms with Crippen molar-refractivity contribution >= 4 is 34.7 Å². The van der Waals surface area contributed by atoms with E-state index in [-0.39, 0.29) is 5.76 Å². The number of carbonyl (C=O) groups excluding carboxylic acids is 1. The number of hydrogen-bond donors (Lipinski definition) is 1. The van der Waals surface area contributed by atoms with Gasteiger partial charge in [0.1, 0.15) is 11.4 Å². The molecule has 0 unspecified atom stereocenters. The molecule has 0 atom stereocenters. The Kier molecular flexibility index (Phi) is 4.71. The van der Waals surface area contributed by atoms with Crippen LogP contribution in [-0.2, 0) is 0 Å². The normalized spacial score (nSPS) is 11.4. The van der Waals surface area contributed by atoms with Crippen LogP contribution in [0.4, 0.5) is 0 Å². The molecule has 3 heterocycles. The summed E-state index contributed by atoms with van der Waals surface area (Å²) in [7, 11) is 0. The monoisotopic (exact) mass is 392 g/mol. The van der Waals surface area contributed by atoms with Gasteiger partial charge in [-0.05, 0) is 56.3 Å². The van der Waals surface area contributed by atoms with Crippen LogP contribution in [0.1, 0.15) is 27.5 Å². The maximum Gasteiger partial charge on any atom is 0.307 e. The fourth-order valence-corrected chi connectivity index (χ4v) is 3.28. The summed E-state index contributed by atoms with van der Waals surface area (Å²) in [5, 5.41) is 5.42. The first-order chi connectivity index (χ1) is 13.5. The number of benzene rings is 1. The van der Waals surface area contributed by atoms with Crippen LogP contribution in [0.15, 0.2) is 64.2 Å². The zero-order valence-corrected chi connectivity index (χ0v) is 16.1. The first kappa shape index (κ1) is 18.0. The molecule has 28 heavy (non-hydrogen) atoms. The molecule has 3 aromatic heterocycles. The molecule has 0 saturated heterocycles. The molecule has 4 aromatic rings. The molecule has 140 valence electrons. The molecule has 0 fully saturated rings. The lowest BCUT2D eigenvalue weighted by Gasteiger charge is -2.07. The van der Waals surface area contributed by atoms with Crippen molar-refractivity contribution in [2.75, 3.05) is 0 Å². The molecule has 0 aliphatic heterocycles. The predicted molar refractivity (Wildman–Crippen MR) is 109 cm³/mol. The molecule has 0 aliphatic carbocycles. The minimum atomic E-state index is -0.429. The van der Waals surface area contributed by atoms with Crippen molar-refractivity contribution in [2.24, 2.45) is 5.10 Å². The molecule has 0 aliphatic rings. The first-order valence-corrected chi connectivity index (χ1v) is 9.03. The Morgan fingerprint density at radius 3 is 2.86 bits per heavy atom. The van der Waals surface area contributed by atoms with E-state index in [1.165, 1.54) is 0 Å². The van der Waals surface area contributed by atoms with E-state index >= 15 is 0 Å². The van der Waals surface area contributed by atoms with Gasteiger partial charge in [0.05, 0.1) is 6.21 Å². The summed E-state index contributed by atoms with van der Waals surface area (Å²) in [6, 6.07) is 14.6. The lowest BCUT2D eigenvalue weighted by molar-refractivity contribution is 0.0929. The van der Waals surface area contributed by atoms with Gasteiger partial charge in [0.15, 0.2) is 5.76 Å². The Morgan fingerprint density at radius 1 is 1.21 bits per heavy atom. The van der Waals surface area contributed by atoms with E-state index in [0.717, 1.165) is 28.2 Å². The number of fused-ring (bicyclic) bond motifs is 1. The predicted octanol–water partition coefficient (Wildman–Crippen LogP) is 4.65. The van der Waals surface area contributed by atoms with Gasteiger partial charge in [-0.1, -0.05) is 17.7 Å². The van der Waals surface area contributed by atoms with Gasteiger partial charge in [0, 0.05) is 33.6 Å². The van der Waals surface area contributed by atoms with Gasteiger partial charge in [-0.25, -0.2) is 10.4 Å². The number of furan rings is 1. The van der Waals surface area contributed by atoms with Gasteiger partial charge in [0.25, 0.3) is 0 Å². The Hall–Kier alpha value is -3.38. The maximum atomic E-state index is 12.3. The Labute approximate surface area is 166 Å². The number of amides is 1. The molecular weight excluding hydrogens is 376 g/mol. The quantitative estimate of drug-likeness (QED) is 0.405. The third-order valence-electron chi connectivity index (χ3n) is 4.42. The topological polar surface area (TPSA) is 72.4 Å². The van der Waals surface area contributed by atoms with Gasteiger partial charge < -0.3 is 8.98 Å². The number of hydrogen-bond acceptors (Lipinski definition) is 4. The van der Waals surface area contributed by atoms with E-state index in [1.807, 2.05) is 42.7 Å². The number of halogens is 1. The van der Waals surface area contributed by atoms with Gasteiger partial charge in [-0.15, -0.1) is 0 Å². The number of aryl methyl sites for hydroxylation is 1. The highest BCUT2D eigenvalue weighted by Crippen LogP contribution is 2.23. The fraction of sp³-hybridized carbons (Fsp3) is 0.0952. The van der Waals surface area contributed by atoms with Crippen LogP contribution in [0.5, 0.6) is 0 Å². The Morgan fingerprint density at radius 2 is 2.07 bits per heavy atom. The van der Waals surface area contributed by atoms with Crippen LogP contribution in [0.2, 0.25) is 5.02 Å². The molecule has 1 aromatic carbocycles. The molecule has 0 saturated carbocycles. The van der Waals surface area contributed by atoms with Gasteiger partial charge in [-0.3, -0.25) is 4.79 Å². The van der Waals surface area contributed by atoms with Crippen molar-refractivity contribution in [1.82, 2.24) is 15.0 Å². The zero-order valence-electron chi connectivity index (χ0n) is 15.3. The number of nitrogens with zero attached hydrogens (tertiary/aromatic N) is 3. The van der Waals surface area contributed by atoms with E-state index in [0.29, 0.717) is 10.6 Å². The minimum absolute atomic E-state index is 0.174. The van der Waals surface area contributed by atoms with Crippen molar-refractivity contribution in [3.05, 3.63) is 82.5 Å². The van der Waals surface area contributed by atoms with Crippen molar-refractivity contribution in [1.29, 1.82) is 0 Å². The molecule has 0 radical (unpaired) electrons. The fourth-order valence-electron chi connectivity index (χ4n) is 3.10. The second-order valence-corrected chi connectivity index (χ2v) is 6.78. The summed E-state index contributed by atoms with van der Waals surface area (Å²) >= 11 is 5.96. The molecule has 1 N–H and O–H groups in total. The molecule has 6 nitrogen and oxygen atoms in total. The number of rotatable bonds is 4. The van der Waals surface area contributed by atoms with Crippen molar-refractivity contribution in [3.8, 4) is 5.82 Å².